The van der Waals surface area contributed by atoms with Crippen molar-refractivity contribution in [3.63, 3.8) is 0 Å². The summed E-state index contributed by atoms with van der Waals surface area (Å²) in [5, 5.41) is 8.13. The van der Waals surface area contributed by atoms with Crippen molar-refractivity contribution in [2.24, 2.45) is 7.05 Å². The second kappa shape index (κ2) is 8.37. The first-order chi connectivity index (χ1) is 12.7. The molecule has 4 rings (SSSR count). The zero-order chi connectivity index (χ0) is 17.9. The molecule has 1 aliphatic heterocycles. The second-order valence-electron chi connectivity index (χ2n) is 6.52. The molecule has 0 radical (unpaired) electrons. The first kappa shape index (κ1) is 19.1. The summed E-state index contributed by atoms with van der Waals surface area (Å²) in [6, 6.07) is 19.2. The number of para-hydroxylation sites is 1. The largest absolute Gasteiger partial charge is 0.312 e. The van der Waals surface area contributed by atoms with E-state index < -0.39 is 0 Å². The van der Waals surface area contributed by atoms with Crippen LogP contribution in [-0.2, 0) is 26.6 Å². The van der Waals surface area contributed by atoms with Gasteiger partial charge in [-0.3, -0.25) is 9.48 Å². The van der Waals surface area contributed by atoms with E-state index in [4.69, 9.17) is 5.10 Å². The summed E-state index contributed by atoms with van der Waals surface area (Å²) in [7, 11) is 1.99. The van der Waals surface area contributed by atoms with Crippen LogP contribution in [0, 0.1) is 0 Å². The Balaban J connectivity index is 0.00000210. The predicted molar refractivity (Wildman–Crippen MR) is 109 cm³/mol. The number of nitrogens with zero attached hydrogens (tertiary/aromatic N) is 3. The molecule has 0 saturated heterocycles. The molecule has 140 valence electrons. The Labute approximate surface area is 165 Å². The van der Waals surface area contributed by atoms with Gasteiger partial charge in [0.2, 0.25) is 0 Å². The number of carbonyl (C=O) groups excluding carboxylic acids is 1. The van der Waals surface area contributed by atoms with Crippen LogP contribution in [-0.4, -0.2) is 22.2 Å². The van der Waals surface area contributed by atoms with Crippen molar-refractivity contribution in [2.75, 3.05) is 11.4 Å². The maximum atomic E-state index is 13.2. The van der Waals surface area contributed by atoms with Crippen LogP contribution in [0.25, 0.3) is 0 Å². The van der Waals surface area contributed by atoms with Crippen LogP contribution in [0.4, 0.5) is 5.69 Å². The fourth-order valence-electron chi connectivity index (χ4n) is 3.50. The Morgan fingerprint density at radius 2 is 1.78 bits per heavy atom. The van der Waals surface area contributed by atoms with E-state index >= 15 is 0 Å². The maximum absolute atomic E-state index is 13.2. The third kappa shape index (κ3) is 3.89. The van der Waals surface area contributed by atoms with E-state index in [9.17, 15) is 4.79 Å². The van der Waals surface area contributed by atoms with Crippen molar-refractivity contribution in [3.8, 4) is 0 Å². The number of hydrogen-bond acceptors (Lipinski definition) is 3. The number of benzene rings is 2. The van der Waals surface area contributed by atoms with Gasteiger partial charge in [0.05, 0.1) is 12.2 Å². The molecular formula is C21H23ClN4O. The summed E-state index contributed by atoms with van der Waals surface area (Å²) < 4.78 is 1.96. The SMILES string of the molecule is Cl.Cn1nc(CN(C(=O)c2ccccc2)c2ccccc2)c2c1CCNC2. The highest BCUT2D eigenvalue weighted by molar-refractivity contribution is 6.05. The molecule has 0 spiro atoms. The van der Waals surface area contributed by atoms with Gasteiger partial charge in [-0.15, -0.1) is 12.4 Å². The van der Waals surface area contributed by atoms with E-state index in [0.717, 1.165) is 30.9 Å². The summed E-state index contributed by atoms with van der Waals surface area (Å²) in [5.41, 5.74) is 5.01. The lowest BCUT2D eigenvalue weighted by molar-refractivity contribution is 0.0984. The predicted octanol–water partition coefficient (Wildman–Crippen LogP) is 3.33. The molecule has 0 unspecified atom stereocenters. The molecule has 0 atom stereocenters. The van der Waals surface area contributed by atoms with Crippen LogP contribution >= 0.6 is 12.4 Å². The smallest absolute Gasteiger partial charge is 0.258 e. The molecule has 1 amide bonds. The zero-order valence-corrected chi connectivity index (χ0v) is 16.1. The number of nitrogens with one attached hydrogen (secondary N) is 1. The molecule has 0 fully saturated rings. The maximum Gasteiger partial charge on any atom is 0.258 e. The number of amides is 1. The molecule has 5 nitrogen and oxygen atoms in total. The number of hydrogen-bond donors (Lipinski definition) is 1. The summed E-state index contributed by atoms with van der Waals surface area (Å²) in [6.45, 7) is 2.24. The number of halogens is 1. The molecule has 0 aliphatic carbocycles. The first-order valence-corrected chi connectivity index (χ1v) is 8.90. The topological polar surface area (TPSA) is 50.2 Å². The number of rotatable bonds is 4. The Hall–Kier alpha value is -2.63. The Bertz CT molecular complexity index is 909. The van der Waals surface area contributed by atoms with Crippen LogP contribution in [0.1, 0.15) is 27.3 Å². The van der Waals surface area contributed by atoms with E-state index in [2.05, 4.69) is 5.32 Å². The Morgan fingerprint density at radius 1 is 1.11 bits per heavy atom. The normalized spacial score (nSPS) is 12.8. The molecule has 27 heavy (non-hydrogen) atoms. The van der Waals surface area contributed by atoms with Crippen molar-refractivity contribution in [1.29, 1.82) is 0 Å². The molecule has 1 aromatic heterocycles. The number of fused-ring (bicyclic) bond motifs is 1. The summed E-state index contributed by atoms with van der Waals surface area (Å²) in [4.78, 5) is 15.0. The zero-order valence-electron chi connectivity index (χ0n) is 15.3. The molecule has 1 N–H and O–H groups in total. The van der Waals surface area contributed by atoms with Crippen molar-refractivity contribution in [3.05, 3.63) is 83.2 Å². The second-order valence-corrected chi connectivity index (χ2v) is 6.52. The molecule has 2 heterocycles. The van der Waals surface area contributed by atoms with Crippen LogP contribution in [0.2, 0.25) is 0 Å². The lowest BCUT2D eigenvalue weighted by Crippen LogP contribution is -2.31. The van der Waals surface area contributed by atoms with Gasteiger partial charge in [0.25, 0.3) is 5.91 Å². The summed E-state index contributed by atoms with van der Waals surface area (Å²) in [5.74, 6) is -0.0139. The van der Waals surface area contributed by atoms with Crippen molar-refractivity contribution < 1.29 is 4.79 Å². The van der Waals surface area contributed by atoms with Gasteiger partial charge >= 0.3 is 0 Å². The van der Waals surface area contributed by atoms with E-state index in [1.165, 1.54) is 11.3 Å². The fourth-order valence-corrected chi connectivity index (χ4v) is 3.50. The quantitative estimate of drug-likeness (QED) is 0.753. The van der Waals surface area contributed by atoms with Crippen molar-refractivity contribution >= 4 is 24.0 Å². The van der Waals surface area contributed by atoms with E-state index in [1.54, 1.807) is 0 Å². The number of anilines is 1. The van der Waals surface area contributed by atoms with Gasteiger partial charge in [-0.1, -0.05) is 36.4 Å². The Kier molecular flexibility index (Phi) is 5.94. The number of aryl methyl sites for hydroxylation is 1. The van der Waals surface area contributed by atoms with Gasteiger partial charge in [0, 0.05) is 49.1 Å². The minimum atomic E-state index is -0.0139. The van der Waals surface area contributed by atoms with Gasteiger partial charge in [-0.05, 0) is 24.3 Å². The third-order valence-corrected chi connectivity index (χ3v) is 4.84. The molecular weight excluding hydrogens is 360 g/mol. The van der Waals surface area contributed by atoms with Crippen LogP contribution in [0.15, 0.2) is 60.7 Å². The van der Waals surface area contributed by atoms with E-state index in [0.29, 0.717) is 12.1 Å². The van der Waals surface area contributed by atoms with Crippen LogP contribution < -0.4 is 10.2 Å². The standard InChI is InChI=1S/C21H22N4O.ClH/c1-24-20-12-13-22-14-18(20)19(23-24)15-25(17-10-6-3-7-11-17)21(26)16-8-4-2-5-9-16;/h2-11,22H,12-15H2,1H3;1H. The summed E-state index contributed by atoms with van der Waals surface area (Å²) in [6.07, 6.45) is 0.969. The van der Waals surface area contributed by atoms with Crippen molar-refractivity contribution in [2.45, 2.75) is 19.5 Å². The highest BCUT2D eigenvalue weighted by Crippen LogP contribution is 2.24. The summed E-state index contributed by atoms with van der Waals surface area (Å²) >= 11 is 0. The first-order valence-electron chi connectivity index (χ1n) is 8.90. The minimum Gasteiger partial charge on any atom is -0.312 e. The lowest BCUT2D eigenvalue weighted by atomic mass is 10.1. The van der Waals surface area contributed by atoms with E-state index in [1.807, 2.05) is 77.3 Å². The third-order valence-electron chi connectivity index (χ3n) is 4.84. The lowest BCUT2D eigenvalue weighted by Gasteiger charge is -2.23. The number of aromatic nitrogens is 2. The molecule has 6 heteroatoms. The fraction of sp³-hybridized carbons (Fsp3) is 0.238. The minimum absolute atomic E-state index is 0. The van der Waals surface area contributed by atoms with Crippen molar-refractivity contribution in [1.82, 2.24) is 15.1 Å². The monoisotopic (exact) mass is 382 g/mol. The van der Waals surface area contributed by atoms with Crippen LogP contribution in [0.3, 0.4) is 0 Å². The highest BCUT2D eigenvalue weighted by Gasteiger charge is 2.24. The molecule has 0 saturated carbocycles. The Morgan fingerprint density at radius 3 is 2.48 bits per heavy atom. The van der Waals surface area contributed by atoms with Gasteiger partial charge in [-0.25, -0.2) is 0 Å². The number of carbonyl (C=O) groups is 1. The van der Waals surface area contributed by atoms with Gasteiger partial charge in [-0.2, -0.15) is 5.10 Å². The average molecular weight is 383 g/mol. The molecule has 0 bridgehead atoms. The average Bonchev–Trinajstić information content (AvgIpc) is 3.03. The molecule has 1 aliphatic rings. The van der Waals surface area contributed by atoms with Crippen LogP contribution in [0.5, 0.6) is 0 Å². The van der Waals surface area contributed by atoms with E-state index in [-0.39, 0.29) is 18.3 Å². The molecule has 2 aromatic carbocycles. The van der Waals surface area contributed by atoms with Gasteiger partial charge in [0.1, 0.15) is 0 Å². The molecule has 3 aromatic rings. The van der Waals surface area contributed by atoms with Gasteiger partial charge < -0.3 is 10.2 Å². The van der Waals surface area contributed by atoms with Gasteiger partial charge in [0.15, 0.2) is 0 Å². The highest BCUT2D eigenvalue weighted by atomic mass is 35.5.